The lowest BCUT2D eigenvalue weighted by Gasteiger charge is -2.56. The summed E-state index contributed by atoms with van der Waals surface area (Å²) in [6.45, 7) is 9.46. The number of para-hydroxylation sites is 1. The van der Waals surface area contributed by atoms with Crippen LogP contribution in [0.1, 0.15) is 93.6 Å². The van der Waals surface area contributed by atoms with Crippen molar-refractivity contribution in [2.75, 3.05) is 67.7 Å². The van der Waals surface area contributed by atoms with Gasteiger partial charge in [0.05, 0.1) is 39.8 Å². The van der Waals surface area contributed by atoms with Crippen LogP contribution in [0.5, 0.6) is 11.6 Å². The minimum absolute atomic E-state index is 0.113. The first kappa shape index (κ1) is 46.4. The van der Waals surface area contributed by atoms with E-state index >= 15 is 0 Å². The molecule has 17 nitrogen and oxygen atoms in total. The fourth-order valence-corrected chi connectivity index (χ4v) is 13.0. The summed E-state index contributed by atoms with van der Waals surface area (Å²) in [6, 6.07) is 22.4. The summed E-state index contributed by atoms with van der Waals surface area (Å²) >= 11 is 0. The Morgan fingerprint density at radius 1 is 0.957 bits per heavy atom. The van der Waals surface area contributed by atoms with E-state index in [1.165, 1.54) is 37.0 Å². The molecule has 1 saturated carbocycles. The molecule has 1 spiro atoms. The summed E-state index contributed by atoms with van der Waals surface area (Å²) in [4.78, 5) is 41.2. The maximum atomic E-state index is 14.7. The van der Waals surface area contributed by atoms with Crippen molar-refractivity contribution in [2.45, 2.75) is 107 Å². The number of hydrogen-bond donors (Lipinski definition) is 3. The van der Waals surface area contributed by atoms with E-state index < -0.39 is 37.5 Å². The number of nitrogens with zero attached hydrogens (tertiary/aromatic N) is 5. The smallest absolute Gasteiger partial charge is 0.293 e. The number of carbonyl (C=O) groups excluding carboxylic acids is 1. The first-order valence-corrected chi connectivity index (χ1v) is 26.5. The summed E-state index contributed by atoms with van der Waals surface area (Å²) in [7, 11) is -4.59. The van der Waals surface area contributed by atoms with Crippen LogP contribution in [0, 0.1) is 21.4 Å². The van der Waals surface area contributed by atoms with Crippen molar-refractivity contribution >= 4 is 55.4 Å². The van der Waals surface area contributed by atoms with Crippen LogP contribution in [-0.2, 0) is 19.5 Å². The number of sulfonamides is 1. The third-order valence-corrected chi connectivity index (χ3v) is 17.0. The van der Waals surface area contributed by atoms with Crippen LogP contribution < -0.4 is 29.3 Å². The third-order valence-electron chi connectivity index (χ3n) is 15.6. The number of aromatic amines is 1. The normalized spacial score (nSPS) is 22.9. The van der Waals surface area contributed by atoms with Crippen LogP contribution in [0.2, 0.25) is 0 Å². The van der Waals surface area contributed by atoms with Crippen molar-refractivity contribution < 1.29 is 37.1 Å². The summed E-state index contributed by atoms with van der Waals surface area (Å²) in [5.41, 5.74) is 4.23. The number of nitro groups is 1. The van der Waals surface area contributed by atoms with Gasteiger partial charge in [-0.25, -0.2) is 13.1 Å². The molecule has 3 atom stereocenters. The maximum absolute atomic E-state index is 14.7. The molecule has 3 aromatic carbocycles. The van der Waals surface area contributed by atoms with Gasteiger partial charge in [0.15, 0.2) is 0 Å². The molecule has 5 aromatic rings. The van der Waals surface area contributed by atoms with Gasteiger partial charge in [0.2, 0.25) is 5.88 Å². The monoisotopic (exact) mass is 974 g/mol. The van der Waals surface area contributed by atoms with E-state index in [2.05, 4.69) is 67.8 Å². The second-order valence-electron chi connectivity index (χ2n) is 20.3. The van der Waals surface area contributed by atoms with Crippen LogP contribution in [0.3, 0.4) is 0 Å². The Labute approximate surface area is 408 Å². The molecule has 0 bridgehead atoms. The summed E-state index contributed by atoms with van der Waals surface area (Å²) < 4.78 is 54.7. The molecule has 5 aliphatic heterocycles. The van der Waals surface area contributed by atoms with Crippen molar-refractivity contribution in [3.8, 4) is 11.6 Å². The molecule has 2 aromatic heterocycles. The van der Waals surface area contributed by atoms with Gasteiger partial charge in [-0.3, -0.25) is 19.8 Å². The van der Waals surface area contributed by atoms with Crippen LogP contribution in [0.15, 0.2) is 83.9 Å². The van der Waals surface area contributed by atoms with Crippen LogP contribution in [-0.4, -0.2) is 111 Å². The number of fused-ring (bicyclic) bond motifs is 3. The summed E-state index contributed by atoms with van der Waals surface area (Å²) in [5, 5.41) is 16.3. The van der Waals surface area contributed by atoms with Gasteiger partial charge >= 0.3 is 0 Å². The second-order valence-corrected chi connectivity index (χ2v) is 22.0. The van der Waals surface area contributed by atoms with Gasteiger partial charge < -0.3 is 39.0 Å². The van der Waals surface area contributed by atoms with E-state index in [9.17, 15) is 23.3 Å². The largest absolute Gasteiger partial charge is 0.491 e. The average Bonchev–Trinajstić information content (AvgIpc) is 4.03. The highest BCUT2D eigenvalue weighted by atomic mass is 32.2. The number of hydrogen-bond acceptors (Lipinski definition) is 14. The fraction of sp³-hybridized carbons (Fsp3) is 0.500. The summed E-state index contributed by atoms with van der Waals surface area (Å²) in [5.74, 6) is 0.773. The molecule has 18 heteroatoms. The van der Waals surface area contributed by atoms with E-state index in [0.29, 0.717) is 74.4 Å². The highest BCUT2D eigenvalue weighted by Gasteiger charge is 2.50. The number of benzene rings is 3. The molecule has 70 heavy (non-hydrogen) atoms. The predicted molar refractivity (Wildman–Crippen MR) is 266 cm³/mol. The molecule has 0 radical (unpaired) electrons. The van der Waals surface area contributed by atoms with Gasteiger partial charge in [-0.05, 0) is 138 Å². The standard InChI is InChI=1S/C52H62N8O9S/c1-33(2)68-47-8-4-3-6-39(47)42-7-5-20-58(42)37-29-52(30-37)17-21-57(22-18-52)36-9-11-40(44(27-36)59-43-16-25-67-32-48(43)69-51-46(59)26-35-13-19-53-49(35)55-51)50(61)56-70(64,65)38-10-12-41(45(28-38)60(62)63)54-31-34-14-23-66-24-15-34/h3-4,6,8-13,19,26-28,33-34,37,42-43,48,54H,5,7,14-18,20-25,29-32H2,1-2H3,(H,53,55)(H,56,61)/t42-,43+,48-/m0/s1. The Morgan fingerprint density at radius 2 is 1.76 bits per heavy atom. The molecule has 4 saturated heterocycles. The molecule has 3 N–H and O–H groups in total. The maximum Gasteiger partial charge on any atom is 0.293 e. The lowest BCUT2D eigenvalue weighted by atomic mass is 9.60. The van der Waals surface area contributed by atoms with Gasteiger partial charge in [0.1, 0.15) is 28.9 Å². The van der Waals surface area contributed by atoms with Crippen molar-refractivity contribution in [1.82, 2.24) is 19.6 Å². The van der Waals surface area contributed by atoms with E-state index in [1.54, 1.807) is 6.07 Å². The molecule has 370 valence electrons. The molecule has 11 rings (SSSR count). The third kappa shape index (κ3) is 9.03. The van der Waals surface area contributed by atoms with Crippen LogP contribution in [0.4, 0.5) is 28.4 Å². The Balaban J connectivity index is 0.867. The van der Waals surface area contributed by atoms with Gasteiger partial charge in [-0.1, -0.05) is 18.2 Å². The number of piperidine rings is 1. The zero-order chi connectivity index (χ0) is 48.1. The fourth-order valence-electron chi connectivity index (χ4n) is 12.0. The van der Waals surface area contributed by atoms with Crippen molar-refractivity contribution in [1.29, 1.82) is 0 Å². The molecular formula is C52H62N8O9S. The molecular weight excluding hydrogens is 913 g/mol. The molecule has 0 unspecified atom stereocenters. The van der Waals surface area contributed by atoms with Crippen LogP contribution >= 0.6 is 0 Å². The number of amides is 1. The number of H-pyrrole nitrogens is 1. The second kappa shape index (κ2) is 19.0. The number of rotatable bonds is 13. The molecule has 6 aliphatic rings. The van der Waals surface area contributed by atoms with E-state index in [4.69, 9.17) is 23.9 Å². The highest BCUT2D eigenvalue weighted by molar-refractivity contribution is 7.90. The topological polar surface area (TPSA) is 194 Å². The SMILES string of the molecule is CC(C)Oc1ccccc1[C@@H]1CCCN1C1CC2(CCN(c3ccc(C(=O)NS(=O)(=O)c4ccc(NCC5CCOCC5)c([N+](=O)[O-])c4)c(N4c5cc6cc[nH]c6nc5O[C@H]5COCC[C@H]54)c3)CC2)C1. The Morgan fingerprint density at radius 3 is 2.56 bits per heavy atom. The Hall–Kier alpha value is -5.95. The minimum Gasteiger partial charge on any atom is -0.491 e. The van der Waals surface area contributed by atoms with Gasteiger partial charge in [-0.15, -0.1) is 0 Å². The predicted octanol–water partition coefficient (Wildman–Crippen LogP) is 8.49. The highest BCUT2D eigenvalue weighted by Crippen LogP contribution is 2.55. The number of nitro benzene ring substituents is 1. The first-order valence-electron chi connectivity index (χ1n) is 25.0. The lowest BCUT2D eigenvalue weighted by Crippen LogP contribution is -2.55. The minimum atomic E-state index is -4.59. The summed E-state index contributed by atoms with van der Waals surface area (Å²) in [6.07, 6.45) is 10.5. The van der Waals surface area contributed by atoms with Gasteiger partial charge in [0, 0.05) is 80.4 Å². The zero-order valence-electron chi connectivity index (χ0n) is 39.8. The first-order chi connectivity index (χ1) is 33.9. The number of nitrogens with one attached hydrogen (secondary N) is 3. The van der Waals surface area contributed by atoms with E-state index in [0.717, 1.165) is 74.6 Å². The van der Waals surface area contributed by atoms with Crippen molar-refractivity contribution in [3.63, 3.8) is 0 Å². The van der Waals surface area contributed by atoms with E-state index in [1.807, 2.05) is 30.5 Å². The Bertz CT molecular complexity index is 2870. The molecule has 1 amide bonds. The number of anilines is 4. The number of aromatic nitrogens is 2. The van der Waals surface area contributed by atoms with Gasteiger partial charge in [-0.2, -0.15) is 4.98 Å². The number of pyridine rings is 1. The zero-order valence-corrected chi connectivity index (χ0v) is 40.6. The quantitative estimate of drug-likeness (QED) is 0.0751. The molecule has 1 aliphatic carbocycles. The van der Waals surface area contributed by atoms with Crippen LogP contribution in [0.25, 0.3) is 11.0 Å². The van der Waals surface area contributed by atoms with Gasteiger partial charge in [0.25, 0.3) is 21.6 Å². The number of likely N-dealkylation sites (tertiary alicyclic amines) is 1. The lowest BCUT2D eigenvalue weighted by molar-refractivity contribution is -0.384. The molecule has 5 fully saturated rings. The van der Waals surface area contributed by atoms with Crippen molar-refractivity contribution in [3.05, 3.63) is 100 Å². The van der Waals surface area contributed by atoms with E-state index in [-0.39, 0.29) is 34.7 Å². The number of carbonyl (C=O) groups is 1. The average molecular weight is 975 g/mol. The number of ether oxygens (including phenoxy) is 4. The molecule has 7 heterocycles. The van der Waals surface area contributed by atoms with Crippen molar-refractivity contribution in [2.24, 2.45) is 11.3 Å². The Kier molecular flexibility index (Phi) is 12.6.